The standard InChI is InChI=1S/C42H63N5O7/c1-2-21-44-38(49)33-35-39(50)54-36(28-15-7-4-8-16-28)34(27-13-5-3-6-14-27)47(35)37(29-17-9-10-18-32(29)53-24-23-48)42(33)30-25-26(12-11-22-45-41(43)52)19-20-31(30)46-40(42)51/h2,26-37,48H,1,3-10,13-25H2,(H,44,49)(H,46,51)(H3,43,45,52)/t26?,29?,30?,31?,32?,33-,34-,35-,36+,37+,42-/m1/s1. The number of amides is 4. The predicted octanol–water partition coefficient (Wildman–Crippen LogP) is 3.55. The van der Waals surface area contributed by atoms with Gasteiger partial charge in [-0.2, -0.15) is 0 Å². The number of nitrogens with zero attached hydrogens (tertiary/aromatic N) is 1. The van der Waals surface area contributed by atoms with E-state index < -0.39 is 29.4 Å². The minimum atomic E-state index is -1.25. The number of carbonyl (C=O) groups is 4. The largest absolute Gasteiger partial charge is 0.459 e. The molecule has 11 atom stereocenters. The number of ether oxygens (including phenoxy) is 2. The van der Waals surface area contributed by atoms with Gasteiger partial charge in [-0.15, -0.1) is 6.58 Å². The van der Waals surface area contributed by atoms with Crippen LogP contribution in [0.25, 0.3) is 0 Å². The summed E-state index contributed by atoms with van der Waals surface area (Å²) in [7, 11) is 0. The lowest BCUT2D eigenvalue weighted by Crippen LogP contribution is -2.66. The van der Waals surface area contributed by atoms with Crippen molar-refractivity contribution in [1.29, 1.82) is 0 Å². The van der Waals surface area contributed by atoms with Crippen LogP contribution in [0.2, 0.25) is 0 Å². The van der Waals surface area contributed by atoms with Crippen LogP contribution in [0.5, 0.6) is 0 Å². The molecule has 0 bridgehead atoms. The van der Waals surface area contributed by atoms with Crippen LogP contribution in [0.4, 0.5) is 4.79 Å². The second-order valence-electron chi connectivity index (χ2n) is 17.3. The number of nitrogens with two attached hydrogens (primary N) is 1. The molecular weight excluding hydrogens is 686 g/mol. The number of hydrogen-bond acceptors (Lipinski definition) is 8. The number of esters is 1. The van der Waals surface area contributed by atoms with Crippen molar-refractivity contribution in [1.82, 2.24) is 20.9 Å². The lowest BCUT2D eigenvalue weighted by Gasteiger charge is -2.54. The number of aliphatic hydroxyl groups excluding tert-OH is 1. The van der Waals surface area contributed by atoms with Gasteiger partial charge in [-0.1, -0.05) is 69.3 Å². The number of cyclic esters (lactones) is 1. The van der Waals surface area contributed by atoms with E-state index >= 15 is 9.59 Å². The number of morpholine rings is 1. The summed E-state index contributed by atoms with van der Waals surface area (Å²) in [4.78, 5) is 59.2. The lowest BCUT2D eigenvalue weighted by molar-refractivity contribution is -0.192. The first-order chi connectivity index (χ1) is 26.3. The quantitative estimate of drug-likeness (QED) is 0.128. The molecule has 12 nitrogen and oxygen atoms in total. The first-order valence-electron chi connectivity index (χ1n) is 21.2. The summed E-state index contributed by atoms with van der Waals surface area (Å²) in [6, 6.07) is -2.27. The summed E-state index contributed by atoms with van der Waals surface area (Å²) in [5.74, 6) is 4.70. The molecular formula is C42H63N5O7. The van der Waals surface area contributed by atoms with E-state index in [0.29, 0.717) is 12.8 Å². The number of nitrogens with one attached hydrogen (secondary N) is 3. The molecule has 0 aromatic carbocycles. The van der Waals surface area contributed by atoms with Crippen molar-refractivity contribution in [3.63, 3.8) is 0 Å². The van der Waals surface area contributed by atoms with Gasteiger partial charge in [-0.3, -0.25) is 19.3 Å². The van der Waals surface area contributed by atoms with Crippen molar-refractivity contribution in [2.24, 2.45) is 46.7 Å². The van der Waals surface area contributed by atoms with E-state index in [9.17, 15) is 14.7 Å². The van der Waals surface area contributed by atoms with Crippen molar-refractivity contribution in [3.05, 3.63) is 12.7 Å². The minimum absolute atomic E-state index is 0.0652. The van der Waals surface area contributed by atoms with Crippen molar-refractivity contribution in [3.8, 4) is 11.8 Å². The van der Waals surface area contributed by atoms with Crippen LogP contribution >= 0.6 is 0 Å². The molecule has 12 heteroatoms. The molecule has 4 amide bonds. The summed E-state index contributed by atoms with van der Waals surface area (Å²) in [6.45, 7) is 4.31. The molecule has 3 saturated heterocycles. The third kappa shape index (κ3) is 7.30. The number of aliphatic hydroxyl groups is 1. The molecule has 54 heavy (non-hydrogen) atoms. The van der Waals surface area contributed by atoms with Gasteiger partial charge in [0, 0.05) is 30.5 Å². The molecule has 6 N–H and O–H groups in total. The second kappa shape index (κ2) is 17.3. The lowest BCUT2D eigenvalue weighted by atomic mass is 9.55. The van der Waals surface area contributed by atoms with E-state index in [4.69, 9.17) is 15.2 Å². The Kier molecular flexibility index (Phi) is 12.6. The highest BCUT2D eigenvalue weighted by Crippen LogP contribution is 2.64. The molecule has 7 rings (SSSR count). The molecule has 7 aliphatic rings. The molecule has 298 valence electrons. The van der Waals surface area contributed by atoms with Crippen LogP contribution in [-0.4, -0.2) is 96.5 Å². The van der Waals surface area contributed by atoms with Gasteiger partial charge in [-0.05, 0) is 75.5 Å². The van der Waals surface area contributed by atoms with Crippen LogP contribution in [0.3, 0.4) is 0 Å². The zero-order valence-electron chi connectivity index (χ0n) is 32.0. The van der Waals surface area contributed by atoms with Gasteiger partial charge in [0.2, 0.25) is 11.8 Å². The molecule has 0 aromatic heterocycles. The minimum Gasteiger partial charge on any atom is -0.459 e. The highest BCUT2D eigenvalue weighted by Gasteiger charge is 2.78. The number of primary amides is 1. The van der Waals surface area contributed by atoms with Gasteiger partial charge in [0.15, 0.2) is 0 Å². The van der Waals surface area contributed by atoms with Gasteiger partial charge in [0.05, 0.1) is 43.2 Å². The predicted molar refractivity (Wildman–Crippen MR) is 202 cm³/mol. The zero-order chi connectivity index (χ0) is 37.8. The Morgan fingerprint density at radius 1 is 0.981 bits per heavy atom. The third-order valence-corrected chi connectivity index (χ3v) is 14.5. The SMILES string of the molecule is C=CCNC(=O)[C@H]1[C@@H]2C(=O)O[C@@H](C3CCCCC3)[C@@H](C3CCCCC3)N2[C@@H](C2CCCCC2OCCO)[C@]12C(=O)NC1CCC(C#CCNC(N)=O)CC12. The van der Waals surface area contributed by atoms with Crippen LogP contribution in [0, 0.1) is 52.8 Å². The van der Waals surface area contributed by atoms with E-state index in [2.05, 4.69) is 39.3 Å². The fourth-order valence-corrected chi connectivity index (χ4v) is 12.6. The average Bonchev–Trinajstić information content (AvgIpc) is 3.66. The van der Waals surface area contributed by atoms with Crippen molar-refractivity contribution in [2.45, 2.75) is 146 Å². The maximum absolute atomic E-state index is 15.4. The van der Waals surface area contributed by atoms with Crippen molar-refractivity contribution >= 4 is 23.8 Å². The molecule has 7 fully saturated rings. The maximum atomic E-state index is 15.4. The molecule has 1 spiro atoms. The third-order valence-electron chi connectivity index (χ3n) is 14.5. The fourth-order valence-electron chi connectivity index (χ4n) is 12.6. The number of rotatable bonds is 10. The maximum Gasteiger partial charge on any atom is 0.324 e. The second-order valence-corrected chi connectivity index (χ2v) is 17.3. The Morgan fingerprint density at radius 2 is 1.69 bits per heavy atom. The van der Waals surface area contributed by atoms with Gasteiger partial charge >= 0.3 is 12.0 Å². The van der Waals surface area contributed by atoms with Gasteiger partial charge in [0.1, 0.15) is 12.1 Å². The smallest absolute Gasteiger partial charge is 0.324 e. The van der Waals surface area contributed by atoms with E-state index in [1.165, 1.54) is 12.8 Å². The van der Waals surface area contributed by atoms with Crippen molar-refractivity contribution in [2.75, 3.05) is 26.3 Å². The van der Waals surface area contributed by atoms with Gasteiger partial charge in [0.25, 0.3) is 0 Å². The highest BCUT2D eigenvalue weighted by molar-refractivity contribution is 5.99. The zero-order valence-corrected chi connectivity index (χ0v) is 32.0. The Labute approximate surface area is 320 Å². The molecule has 0 aromatic rings. The summed E-state index contributed by atoms with van der Waals surface area (Å²) in [5, 5.41) is 19.0. The first-order valence-corrected chi connectivity index (χ1v) is 21.2. The Balaban J connectivity index is 1.41. The Bertz CT molecular complexity index is 1450. The fraction of sp³-hybridized carbons (Fsp3) is 0.810. The van der Waals surface area contributed by atoms with E-state index in [-0.39, 0.29) is 98.0 Å². The van der Waals surface area contributed by atoms with Gasteiger partial charge in [-0.25, -0.2) is 4.79 Å². The Hall–Kier alpha value is -3.14. The molecule has 4 saturated carbocycles. The van der Waals surface area contributed by atoms with Crippen molar-refractivity contribution < 1.29 is 33.8 Å². The number of carbonyl (C=O) groups excluding carboxylic acids is 4. The van der Waals surface area contributed by atoms with Crippen LogP contribution < -0.4 is 21.7 Å². The number of urea groups is 1. The number of hydrogen-bond donors (Lipinski definition) is 5. The normalized spacial score (nSPS) is 38.7. The average molecular weight is 750 g/mol. The summed E-state index contributed by atoms with van der Waals surface area (Å²) < 4.78 is 13.3. The molecule has 5 unspecified atom stereocenters. The summed E-state index contributed by atoms with van der Waals surface area (Å²) in [6.07, 6.45) is 17.6. The van der Waals surface area contributed by atoms with E-state index in [0.717, 1.165) is 83.5 Å². The van der Waals surface area contributed by atoms with Crippen LogP contribution in [0.15, 0.2) is 12.7 Å². The first kappa shape index (κ1) is 39.1. The molecule has 4 aliphatic carbocycles. The molecule has 0 radical (unpaired) electrons. The summed E-state index contributed by atoms with van der Waals surface area (Å²) in [5.41, 5.74) is 4.05. The van der Waals surface area contributed by atoms with Gasteiger partial charge < -0.3 is 36.3 Å². The van der Waals surface area contributed by atoms with Crippen LogP contribution in [0.1, 0.15) is 109 Å². The monoisotopic (exact) mass is 749 g/mol. The number of fused-ring (bicyclic) bond motifs is 3. The Morgan fingerprint density at radius 3 is 2.39 bits per heavy atom. The highest BCUT2D eigenvalue weighted by atomic mass is 16.6. The topological polar surface area (TPSA) is 172 Å². The van der Waals surface area contributed by atoms with E-state index in [1.807, 2.05) is 0 Å². The van der Waals surface area contributed by atoms with Crippen LogP contribution in [-0.2, 0) is 23.9 Å². The molecule has 3 aliphatic heterocycles. The molecule has 3 heterocycles. The van der Waals surface area contributed by atoms with E-state index in [1.54, 1.807) is 6.08 Å². The summed E-state index contributed by atoms with van der Waals surface area (Å²) >= 11 is 0.